The Morgan fingerprint density at radius 3 is 2.14 bits per heavy atom. The van der Waals surface area contributed by atoms with Gasteiger partial charge in [0.15, 0.2) is 5.96 Å². The zero-order chi connectivity index (χ0) is 31.4. The Hall–Kier alpha value is -3.50. The van der Waals surface area contributed by atoms with E-state index in [0.29, 0.717) is 58.0 Å². The van der Waals surface area contributed by atoms with Gasteiger partial charge in [-0.1, -0.05) is 0 Å². The quantitative estimate of drug-likeness (QED) is 0.0501. The molecule has 2 aliphatic heterocycles. The number of rotatable bonds is 16. The molecule has 16 nitrogen and oxygen atoms in total. The summed E-state index contributed by atoms with van der Waals surface area (Å²) in [6.07, 6.45) is 2.59. The predicted molar refractivity (Wildman–Crippen MR) is 153 cm³/mol. The first-order chi connectivity index (χ1) is 19.9. The van der Waals surface area contributed by atoms with Crippen LogP contribution in [0, 0.1) is 0 Å². The molecule has 0 bridgehead atoms. The second-order valence-corrected chi connectivity index (χ2v) is 10.8. The second kappa shape index (κ2) is 16.8. The first kappa shape index (κ1) is 34.7. The number of nitrogens with one attached hydrogen (secondary N) is 2. The first-order valence-corrected chi connectivity index (χ1v) is 14.5. The van der Waals surface area contributed by atoms with E-state index in [9.17, 15) is 34.2 Å². The van der Waals surface area contributed by atoms with Crippen molar-refractivity contribution >= 4 is 35.6 Å². The van der Waals surface area contributed by atoms with Crippen LogP contribution in [0.2, 0.25) is 0 Å². The molecule has 2 fully saturated rings. The average molecular weight is 598 g/mol. The normalized spacial score (nSPS) is 21.2. The molecule has 2 saturated heterocycles. The Morgan fingerprint density at radius 1 is 0.929 bits per heavy atom. The van der Waals surface area contributed by atoms with Crippen molar-refractivity contribution in [2.75, 3.05) is 26.2 Å². The van der Waals surface area contributed by atoms with Crippen molar-refractivity contribution in [3.63, 3.8) is 0 Å². The lowest BCUT2D eigenvalue weighted by molar-refractivity contribution is -0.149. The lowest BCUT2D eigenvalue weighted by atomic mass is 10.1. The number of carbonyl (C=O) groups excluding carboxylic acids is 4. The molecule has 238 valence electrons. The Bertz CT molecular complexity index is 989. The lowest BCUT2D eigenvalue weighted by Crippen LogP contribution is -2.58. The number of unbranched alkanes of at least 4 members (excludes halogenated alkanes) is 1. The highest BCUT2D eigenvalue weighted by Gasteiger charge is 2.44. The molecule has 0 aromatic rings. The summed E-state index contributed by atoms with van der Waals surface area (Å²) in [5, 5.41) is 24.5. The molecule has 2 aliphatic rings. The minimum absolute atomic E-state index is 0.0966. The fourth-order valence-corrected chi connectivity index (χ4v) is 5.25. The number of aliphatic imine (C=N–C) groups is 1. The predicted octanol–water partition coefficient (Wildman–Crippen LogP) is -3.09. The topological polar surface area (TPSA) is 273 Å². The van der Waals surface area contributed by atoms with Crippen LogP contribution in [0.4, 0.5) is 0 Å². The molecular formula is C26H47N9O7. The molecule has 0 aliphatic carbocycles. The minimum Gasteiger partial charge on any atom is -0.480 e. The molecule has 16 heteroatoms. The molecule has 2 heterocycles. The summed E-state index contributed by atoms with van der Waals surface area (Å²) in [6, 6.07) is -5.08. The summed E-state index contributed by atoms with van der Waals surface area (Å²) in [5.74, 6) is -3.43. The van der Waals surface area contributed by atoms with Crippen LogP contribution < -0.4 is 33.6 Å². The van der Waals surface area contributed by atoms with E-state index in [0.717, 1.165) is 0 Å². The summed E-state index contributed by atoms with van der Waals surface area (Å²) in [4.78, 5) is 71.5. The number of carboxylic acids is 1. The standard InChI is InChI=1S/C26H47N9O7/c1-15(36)20(28)22(38)32-16(7-2-3-11-27)23(39)35-14-6-10-19(35)24(40)34-13-5-9-18(34)21(37)33-17(25(41)42)8-4-12-31-26(29)30/h15-20,36H,2-14,27-28H2,1H3,(H,32,38)(H,33,37)(H,41,42)(H4,29,30,31)/t15-,16-,17-,18+,19+,20+/m1/s1. The van der Waals surface area contributed by atoms with Gasteiger partial charge < -0.3 is 53.6 Å². The van der Waals surface area contributed by atoms with E-state index >= 15 is 0 Å². The van der Waals surface area contributed by atoms with Gasteiger partial charge >= 0.3 is 5.97 Å². The van der Waals surface area contributed by atoms with Crippen LogP contribution in [0.3, 0.4) is 0 Å². The number of carboxylic acid groups (broad SMARTS) is 1. The first-order valence-electron chi connectivity index (χ1n) is 14.5. The Kier molecular flexibility index (Phi) is 13.9. The fraction of sp³-hybridized carbons (Fsp3) is 0.769. The number of nitrogens with two attached hydrogens (primary N) is 4. The maximum absolute atomic E-state index is 13.7. The van der Waals surface area contributed by atoms with E-state index in [1.54, 1.807) is 0 Å². The van der Waals surface area contributed by atoms with Gasteiger partial charge in [-0.05, 0) is 71.3 Å². The van der Waals surface area contributed by atoms with Crippen LogP contribution >= 0.6 is 0 Å². The van der Waals surface area contributed by atoms with Gasteiger partial charge in [-0.2, -0.15) is 0 Å². The molecule has 0 radical (unpaired) electrons. The van der Waals surface area contributed by atoms with Crippen LogP contribution in [-0.2, 0) is 24.0 Å². The number of hydrogen-bond donors (Lipinski definition) is 8. The van der Waals surface area contributed by atoms with Gasteiger partial charge in [0.25, 0.3) is 0 Å². The highest BCUT2D eigenvalue weighted by atomic mass is 16.4. The van der Waals surface area contributed by atoms with E-state index in [1.165, 1.54) is 16.7 Å². The summed E-state index contributed by atoms with van der Waals surface area (Å²) >= 11 is 0. The minimum atomic E-state index is -1.23. The number of carbonyl (C=O) groups is 5. The van der Waals surface area contributed by atoms with Gasteiger partial charge in [-0.25, -0.2) is 4.79 Å². The van der Waals surface area contributed by atoms with E-state index < -0.39 is 65.9 Å². The molecular weight excluding hydrogens is 550 g/mol. The molecule has 2 rings (SSSR count). The van der Waals surface area contributed by atoms with Crippen molar-refractivity contribution in [1.29, 1.82) is 0 Å². The number of hydrogen-bond acceptors (Lipinski definition) is 9. The summed E-state index contributed by atoms with van der Waals surface area (Å²) in [7, 11) is 0. The maximum atomic E-state index is 13.7. The third kappa shape index (κ3) is 9.80. The van der Waals surface area contributed by atoms with E-state index in [-0.39, 0.29) is 31.9 Å². The lowest BCUT2D eigenvalue weighted by Gasteiger charge is -2.33. The van der Waals surface area contributed by atoms with Crippen molar-refractivity contribution in [2.45, 2.75) is 101 Å². The van der Waals surface area contributed by atoms with Crippen molar-refractivity contribution in [1.82, 2.24) is 20.4 Å². The SMILES string of the molecule is C[C@@H](O)[C@H](N)C(=O)N[C@H](CCCCN)C(=O)N1CCC[C@H]1C(=O)N1CCC[C@H]1C(=O)N[C@H](CCCN=C(N)N)C(=O)O. The monoisotopic (exact) mass is 597 g/mol. The van der Waals surface area contributed by atoms with Crippen molar-refractivity contribution in [3.05, 3.63) is 0 Å². The number of guanidine groups is 1. The third-order valence-corrected chi connectivity index (χ3v) is 7.60. The fourth-order valence-electron chi connectivity index (χ4n) is 5.25. The number of aliphatic carboxylic acids is 1. The molecule has 12 N–H and O–H groups in total. The van der Waals surface area contributed by atoms with Crippen LogP contribution in [0.5, 0.6) is 0 Å². The molecule has 4 amide bonds. The molecule has 6 atom stereocenters. The maximum Gasteiger partial charge on any atom is 0.326 e. The van der Waals surface area contributed by atoms with Crippen LogP contribution in [0.15, 0.2) is 4.99 Å². The number of aliphatic hydroxyl groups excluding tert-OH is 1. The number of nitrogens with zero attached hydrogens (tertiary/aromatic N) is 3. The van der Waals surface area contributed by atoms with E-state index in [1.807, 2.05) is 0 Å². The molecule has 0 saturated carbocycles. The van der Waals surface area contributed by atoms with E-state index in [2.05, 4.69) is 15.6 Å². The van der Waals surface area contributed by atoms with Crippen LogP contribution in [-0.4, -0.2) is 118 Å². The van der Waals surface area contributed by atoms with Crippen molar-refractivity contribution < 1.29 is 34.2 Å². The molecule has 0 aromatic heterocycles. The Balaban J connectivity index is 2.12. The highest BCUT2D eigenvalue weighted by Crippen LogP contribution is 2.26. The number of amides is 4. The Morgan fingerprint density at radius 2 is 1.55 bits per heavy atom. The van der Waals surface area contributed by atoms with Gasteiger partial charge in [0.2, 0.25) is 23.6 Å². The Labute approximate surface area is 245 Å². The van der Waals surface area contributed by atoms with Crippen LogP contribution in [0.1, 0.15) is 64.7 Å². The summed E-state index contributed by atoms with van der Waals surface area (Å²) in [5.41, 5.74) is 21.9. The largest absolute Gasteiger partial charge is 0.480 e. The van der Waals surface area contributed by atoms with Gasteiger partial charge in [0.05, 0.1) is 6.10 Å². The number of aliphatic hydroxyl groups is 1. The summed E-state index contributed by atoms with van der Waals surface area (Å²) < 4.78 is 0. The van der Waals surface area contributed by atoms with Crippen molar-refractivity contribution in [3.8, 4) is 0 Å². The smallest absolute Gasteiger partial charge is 0.326 e. The average Bonchev–Trinajstić information content (AvgIpc) is 3.63. The van der Waals surface area contributed by atoms with E-state index in [4.69, 9.17) is 22.9 Å². The molecule has 0 spiro atoms. The molecule has 42 heavy (non-hydrogen) atoms. The van der Waals surface area contributed by atoms with Gasteiger partial charge in [0.1, 0.15) is 30.2 Å². The zero-order valence-electron chi connectivity index (χ0n) is 24.2. The third-order valence-electron chi connectivity index (χ3n) is 7.60. The highest BCUT2D eigenvalue weighted by molar-refractivity contribution is 5.96. The summed E-state index contributed by atoms with van der Waals surface area (Å²) in [6.45, 7) is 2.57. The zero-order valence-corrected chi connectivity index (χ0v) is 24.2. The van der Waals surface area contributed by atoms with Crippen LogP contribution in [0.25, 0.3) is 0 Å². The number of likely N-dealkylation sites (tertiary alicyclic amines) is 2. The van der Waals surface area contributed by atoms with Gasteiger partial charge in [-0.15, -0.1) is 0 Å². The van der Waals surface area contributed by atoms with Crippen molar-refractivity contribution in [2.24, 2.45) is 27.9 Å². The molecule has 0 aromatic carbocycles. The second-order valence-electron chi connectivity index (χ2n) is 10.8. The van der Waals surface area contributed by atoms with Gasteiger partial charge in [0, 0.05) is 19.6 Å². The molecule has 0 unspecified atom stereocenters. The van der Waals surface area contributed by atoms with Gasteiger partial charge in [-0.3, -0.25) is 24.2 Å².